The van der Waals surface area contributed by atoms with E-state index in [2.05, 4.69) is 5.32 Å². The third-order valence-corrected chi connectivity index (χ3v) is 9.12. The zero-order valence-electron chi connectivity index (χ0n) is 23.8. The largest absolute Gasteiger partial charge is 0.354 e. The first-order valence-corrected chi connectivity index (χ1v) is 16.0. The predicted molar refractivity (Wildman–Crippen MR) is 163 cm³/mol. The van der Waals surface area contributed by atoms with Crippen LogP contribution in [-0.2, 0) is 26.0 Å². The molecule has 1 atom stereocenters. The van der Waals surface area contributed by atoms with Crippen LogP contribution in [0.2, 0.25) is 0 Å². The maximum Gasteiger partial charge on any atom is 0.264 e. The van der Waals surface area contributed by atoms with Crippen LogP contribution in [0.4, 0.5) is 5.69 Å². The summed E-state index contributed by atoms with van der Waals surface area (Å²) in [5.41, 5.74) is 2.37. The van der Waals surface area contributed by atoms with Gasteiger partial charge in [0.05, 0.1) is 10.6 Å². The molecule has 0 radical (unpaired) electrons. The topological polar surface area (TPSA) is 86.8 Å². The maximum absolute atomic E-state index is 13.9. The summed E-state index contributed by atoms with van der Waals surface area (Å²) in [7, 11) is -4.08. The van der Waals surface area contributed by atoms with Crippen molar-refractivity contribution in [3.05, 3.63) is 90.0 Å². The van der Waals surface area contributed by atoms with E-state index in [1.54, 1.807) is 43.3 Å². The average Bonchev–Trinajstić information content (AvgIpc) is 2.95. The van der Waals surface area contributed by atoms with Gasteiger partial charge in [0.25, 0.3) is 10.0 Å². The van der Waals surface area contributed by atoms with Gasteiger partial charge in [0, 0.05) is 18.0 Å². The minimum atomic E-state index is -4.08. The molecule has 0 aromatic heterocycles. The summed E-state index contributed by atoms with van der Waals surface area (Å²) in [6.07, 6.45) is 2.45. The number of rotatable bonds is 13. The molecule has 0 aliphatic carbocycles. The Bertz CT molecular complexity index is 1360. The summed E-state index contributed by atoms with van der Waals surface area (Å²) < 4.78 is 28.9. The molecule has 0 heterocycles. The first kappa shape index (κ1) is 31.2. The van der Waals surface area contributed by atoms with Crippen LogP contribution in [0.1, 0.15) is 31.9 Å². The van der Waals surface area contributed by atoms with Gasteiger partial charge in [-0.15, -0.1) is 11.8 Å². The molecule has 0 fully saturated rings. The molecule has 40 heavy (non-hydrogen) atoms. The fourth-order valence-corrected chi connectivity index (χ4v) is 5.96. The van der Waals surface area contributed by atoms with E-state index in [0.717, 1.165) is 20.3 Å². The Morgan fingerprint density at radius 1 is 0.900 bits per heavy atom. The van der Waals surface area contributed by atoms with E-state index in [9.17, 15) is 18.0 Å². The third-order valence-electron chi connectivity index (χ3n) is 6.58. The number of nitrogens with one attached hydrogen (secondary N) is 1. The van der Waals surface area contributed by atoms with E-state index in [0.29, 0.717) is 18.7 Å². The van der Waals surface area contributed by atoms with Crippen LogP contribution < -0.4 is 9.62 Å². The highest BCUT2D eigenvalue weighted by Crippen LogP contribution is 2.26. The molecule has 0 aliphatic rings. The Kier molecular flexibility index (Phi) is 11.2. The van der Waals surface area contributed by atoms with E-state index in [-0.39, 0.29) is 23.3 Å². The van der Waals surface area contributed by atoms with Crippen molar-refractivity contribution in [3.63, 3.8) is 0 Å². The van der Waals surface area contributed by atoms with Gasteiger partial charge in [0.2, 0.25) is 11.8 Å². The number of anilines is 1. The van der Waals surface area contributed by atoms with Gasteiger partial charge in [-0.05, 0) is 74.4 Å². The van der Waals surface area contributed by atoms with Crippen LogP contribution in [0.3, 0.4) is 0 Å². The molecule has 3 rings (SSSR count). The van der Waals surface area contributed by atoms with Gasteiger partial charge >= 0.3 is 0 Å². The summed E-state index contributed by atoms with van der Waals surface area (Å²) >= 11 is 1.52. The molecule has 2 amide bonds. The molecule has 0 saturated heterocycles. The molecule has 1 unspecified atom stereocenters. The van der Waals surface area contributed by atoms with E-state index < -0.39 is 28.5 Å². The third kappa shape index (κ3) is 8.35. The summed E-state index contributed by atoms with van der Waals surface area (Å²) in [5.74, 6) is -0.468. The van der Waals surface area contributed by atoms with Crippen molar-refractivity contribution < 1.29 is 18.0 Å². The van der Waals surface area contributed by atoms with Crippen molar-refractivity contribution in [2.45, 2.75) is 49.9 Å². The summed E-state index contributed by atoms with van der Waals surface area (Å²) in [6.45, 7) is 7.91. The minimum Gasteiger partial charge on any atom is -0.354 e. The highest BCUT2D eigenvalue weighted by atomic mass is 32.2. The van der Waals surface area contributed by atoms with E-state index in [1.165, 1.54) is 16.7 Å². The highest BCUT2D eigenvalue weighted by molar-refractivity contribution is 7.98. The molecule has 7 nitrogen and oxygen atoms in total. The van der Waals surface area contributed by atoms with E-state index in [4.69, 9.17) is 0 Å². The number of carbonyl (C=O) groups is 2. The smallest absolute Gasteiger partial charge is 0.264 e. The summed E-state index contributed by atoms with van der Waals surface area (Å²) in [5, 5.41) is 2.91. The van der Waals surface area contributed by atoms with Crippen molar-refractivity contribution in [2.75, 3.05) is 30.2 Å². The second-order valence-corrected chi connectivity index (χ2v) is 12.9. The van der Waals surface area contributed by atoms with Gasteiger partial charge in [0.15, 0.2) is 0 Å². The number of aryl methyl sites for hydroxylation is 1. The molecule has 0 bridgehead atoms. The first-order valence-electron chi connectivity index (χ1n) is 13.4. The standard InChI is InChI=1S/C31H39N3O4S2/c1-23(2)21-32-31(36)25(4)33(20-19-26-9-7-6-8-10-26)30(35)22-34(27-13-11-24(3)12-14-27)40(37,38)29-17-15-28(39-5)16-18-29/h6-18,23,25H,19-22H2,1-5H3,(H,32,36). The van der Waals surface area contributed by atoms with Crippen molar-refractivity contribution in [3.8, 4) is 0 Å². The number of amides is 2. The normalized spacial score (nSPS) is 12.2. The Morgan fingerprint density at radius 3 is 2.10 bits per heavy atom. The van der Waals surface area contributed by atoms with Crippen LogP contribution in [0.5, 0.6) is 0 Å². The molecule has 0 spiro atoms. The Labute approximate surface area is 243 Å². The lowest BCUT2D eigenvalue weighted by Crippen LogP contribution is -2.52. The lowest BCUT2D eigenvalue weighted by atomic mass is 10.1. The number of nitrogens with zero attached hydrogens (tertiary/aromatic N) is 2. The van der Waals surface area contributed by atoms with E-state index >= 15 is 0 Å². The highest BCUT2D eigenvalue weighted by Gasteiger charge is 2.32. The zero-order chi connectivity index (χ0) is 29.3. The number of sulfonamides is 1. The van der Waals surface area contributed by atoms with Crippen molar-refractivity contribution >= 4 is 39.3 Å². The average molecular weight is 582 g/mol. The lowest BCUT2D eigenvalue weighted by Gasteiger charge is -2.32. The van der Waals surface area contributed by atoms with Crippen molar-refractivity contribution in [2.24, 2.45) is 5.92 Å². The van der Waals surface area contributed by atoms with Gasteiger partial charge < -0.3 is 10.2 Å². The Hall–Kier alpha value is -3.30. The second-order valence-electron chi connectivity index (χ2n) is 10.2. The molecule has 214 valence electrons. The molecule has 0 aliphatic heterocycles. The number of benzene rings is 3. The molecule has 0 saturated carbocycles. The number of carbonyl (C=O) groups excluding carboxylic acids is 2. The second kappa shape index (κ2) is 14.4. The Balaban J connectivity index is 1.95. The molecule has 3 aromatic rings. The van der Waals surface area contributed by atoms with Gasteiger partial charge in [0.1, 0.15) is 12.6 Å². The quantitative estimate of drug-likeness (QED) is 0.283. The molecule has 1 N–H and O–H groups in total. The van der Waals surface area contributed by atoms with Crippen LogP contribution >= 0.6 is 11.8 Å². The maximum atomic E-state index is 13.9. The minimum absolute atomic E-state index is 0.0947. The molecule has 9 heteroatoms. The van der Waals surface area contributed by atoms with Gasteiger partial charge in [-0.25, -0.2) is 8.42 Å². The Morgan fingerprint density at radius 2 is 1.52 bits per heavy atom. The van der Waals surface area contributed by atoms with Crippen molar-refractivity contribution in [1.29, 1.82) is 0 Å². The number of hydrogen-bond donors (Lipinski definition) is 1. The SMILES string of the molecule is CSc1ccc(S(=O)(=O)N(CC(=O)N(CCc2ccccc2)C(C)C(=O)NCC(C)C)c2ccc(C)cc2)cc1. The zero-order valence-corrected chi connectivity index (χ0v) is 25.5. The predicted octanol–water partition coefficient (Wildman–Crippen LogP) is 5.14. The van der Waals surface area contributed by atoms with Gasteiger partial charge in [-0.1, -0.05) is 61.9 Å². The fraction of sp³-hybridized carbons (Fsp3) is 0.355. The van der Waals surface area contributed by atoms with Crippen LogP contribution in [0.25, 0.3) is 0 Å². The molecular formula is C31H39N3O4S2. The fourth-order valence-electron chi connectivity index (χ4n) is 4.14. The first-order chi connectivity index (χ1) is 19.0. The van der Waals surface area contributed by atoms with Gasteiger partial charge in [-0.2, -0.15) is 0 Å². The van der Waals surface area contributed by atoms with Crippen molar-refractivity contribution in [1.82, 2.24) is 10.2 Å². The van der Waals surface area contributed by atoms with Crippen LogP contribution in [0.15, 0.2) is 88.7 Å². The van der Waals surface area contributed by atoms with E-state index in [1.807, 2.05) is 69.5 Å². The molecular weight excluding hydrogens is 542 g/mol. The number of thioether (sulfide) groups is 1. The van der Waals surface area contributed by atoms with Crippen LogP contribution in [0, 0.1) is 12.8 Å². The van der Waals surface area contributed by atoms with Gasteiger partial charge in [-0.3, -0.25) is 13.9 Å². The lowest BCUT2D eigenvalue weighted by molar-refractivity contribution is -0.138. The molecule has 3 aromatic carbocycles. The monoisotopic (exact) mass is 581 g/mol. The summed E-state index contributed by atoms with van der Waals surface area (Å²) in [4.78, 5) is 29.5. The van der Waals surface area contributed by atoms with Crippen LogP contribution in [-0.4, -0.2) is 57.1 Å². The summed E-state index contributed by atoms with van der Waals surface area (Å²) in [6, 6.07) is 22.6. The number of hydrogen-bond acceptors (Lipinski definition) is 5.